The zero-order valence-electron chi connectivity index (χ0n) is 14.8. The first-order valence-corrected chi connectivity index (χ1v) is 8.76. The Morgan fingerprint density at radius 1 is 1.00 bits per heavy atom. The molecule has 132 valence electrons. The van der Waals surface area contributed by atoms with E-state index in [1.807, 2.05) is 54.6 Å². The predicted molar refractivity (Wildman–Crippen MR) is 111 cm³/mol. The van der Waals surface area contributed by atoms with E-state index in [0.29, 0.717) is 10.6 Å². The number of esters is 1. The van der Waals surface area contributed by atoms with E-state index in [0.717, 1.165) is 22.3 Å². The van der Waals surface area contributed by atoms with Gasteiger partial charge in [-0.2, -0.15) is 0 Å². The van der Waals surface area contributed by atoms with Crippen molar-refractivity contribution in [3.05, 3.63) is 101 Å². The Balaban J connectivity index is 1.78. The van der Waals surface area contributed by atoms with E-state index in [1.54, 1.807) is 24.3 Å². The van der Waals surface area contributed by atoms with Gasteiger partial charge in [-0.15, -0.1) is 0 Å². The predicted octanol–water partition coefficient (Wildman–Crippen LogP) is 5.86. The first-order valence-electron chi connectivity index (χ1n) is 8.39. The summed E-state index contributed by atoms with van der Waals surface area (Å²) in [6.45, 7) is 0. The zero-order chi connectivity index (χ0) is 19.1. The van der Waals surface area contributed by atoms with Gasteiger partial charge in [0.25, 0.3) is 0 Å². The molecule has 3 aromatic rings. The Morgan fingerprint density at radius 3 is 2.52 bits per heavy atom. The summed E-state index contributed by atoms with van der Waals surface area (Å²) in [5.41, 5.74) is 4.56. The summed E-state index contributed by atoms with van der Waals surface area (Å²) in [7, 11) is 1.36. The topological polar surface area (TPSA) is 26.3 Å². The number of halogens is 1. The monoisotopic (exact) mass is 372 g/mol. The van der Waals surface area contributed by atoms with Crippen molar-refractivity contribution in [3.8, 4) is 23.0 Å². The van der Waals surface area contributed by atoms with E-state index in [2.05, 4.69) is 22.6 Å². The van der Waals surface area contributed by atoms with Crippen LogP contribution in [0.1, 0.15) is 21.5 Å². The van der Waals surface area contributed by atoms with Crippen LogP contribution in [0.15, 0.2) is 78.9 Å². The number of carbonyl (C=O) groups is 1. The minimum Gasteiger partial charge on any atom is -0.465 e. The lowest BCUT2D eigenvalue weighted by molar-refractivity contribution is 0.0600. The van der Waals surface area contributed by atoms with Crippen molar-refractivity contribution in [1.29, 1.82) is 0 Å². The highest BCUT2D eigenvalue weighted by Crippen LogP contribution is 2.26. The minimum atomic E-state index is -0.355. The lowest BCUT2D eigenvalue weighted by Crippen LogP contribution is -2.00. The number of hydrogen-bond donors (Lipinski definition) is 0. The number of ether oxygens (including phenoxy) is 1. The third-order valence-electron chi connectivity index (χ3n) is 3.97. The van der Waals surface area contributed by atoms with Gasteiger partial charge in [0, 0.05) is 10.6 Å². The van der Waals surface area contributed by atoms with E-state index in [4.69, 9.17) is 11.6 Å². The third-order valence-corrected chi connectivity index (χ3v) is 4.20. The molecule has 27 heavy (non-hydrogen) atoms. The molecule has 0 aliphatic carbocycles. The summed E-state index contributed by atoms with van der Waals surface area (Å²) in [6, 6.07) is 22.9. The molecule has 0 heterocycles. The van der Waals surface area contributed by atoms with Crippen LogP contribution >= 0.6 is 11.6 Å². The molecule has 0 spiro atoms. The first-order chi connectivity index (χ1) is 13.2. The largest absolute Gasteiger partial charge is 0.465 e. The second-order valence-electron chi connectivity index (χ2n) is 5.77. The van der Waals surface area contributed by atoms with Gasteiger partial charge in [-0.3, -0.25) is 0 Å². The van der Waals surface area contributed by atoms with Gasteiger partial charge in [0.1, 0.15) is 0 Å². The molecule has 0 saturated heterocycles. The van der Waals surface area contributed by atoms with Gasteiger partial charge in [0.15, 0.2) is 0 Å². The molecule has 0 aromatic heterocycles. The Bertz CT molecular complexity index is 1040. The molecule has 0 atom stereocenters. The molecule has 0 aliphatic rings. The van der Waals surface area contributed by atoms with Crippen molar-refractivity contribution in [3.63, 3.8) is 0 Å². The highest BCUT2D eigenvalue weighted by molar-refractivity contribution is 6.30. The molecule has 0 saturated carbocycles. The van der Waals surface area contributed by atoms with Crippen LogP contribution in [-0.2, 0) is 4.74 Å². The molecule has 0 aliphatic heterocycles. The zero-order valence-corrected chi connectivity index (χ0v) is 15.5. The average molecular weight is 373 g/mol. The van der Waals surface area contributed by atoms with Crippen molar-refractivity contribution < 1.29 is 9.53 Å². The van der Waals surface area contributed by atoms with Crippen molar-refractivity contribution in [1.82, 2.24) is 0 Å². The summed E-state index contributed by atoms with van der Waals surface area (Å²) in [5.74, 6) is 5.73. The molecule has 3 heteroatoms. The van der Waals surface area contributed by atoms with E-state index in [1.165, 1.54) is 7.11 Å². The highest BCUT2D eigenvalue weighted by atomic mass is 35.5. The summed E-state index contributed by atoms with van der Waals surface area (Å²) in [5, 5.41) is 0.710. The van der Waals surface area contributed by atoms with Gasteiger partial charge in [-0.1, -0.05) is 59.8 Å². The van der Waals surface area contributed by atoms with Gasteiger partial charge >= 0.3 is 5.97 Å². The number of methoxy groups -OCH3 is 1. The SMILES string of the molecule is COC(=O)c1ccc(C#CC=Cc2ccccc2-c2cccc(Cl)c2)cc1. The fraction of sp³-hybridized carbons (Fsp3) is 0.0417. The summed E-state index contributed by atoms with van der Waals surface area (Å²) in [6.07, 6.45) is 3.80. The van der Waals surface area contributed by atoms with Crippen LogP contribution < -0.4 is 0 Å². The third kappa shape index (κ3) is 4.88. The Morgan fingerprint density at radius 2 is 1.78 bits per heavy atom. The Hall–Kier alpha value is -3.28. The fourth-order valence-electron chi connectivity index (χ4n) is 2.63. The first kappa shape index (κ1) is 18.5. The maximum absolute atomic E-state index is 11.4. The number of allylic oxidation sites excluding steroid dienone is 1. The molecule has 0 fully saturated rings. The maximum atomic E-state index is 11.4. The second kappa shape index (κ2) is 8.89. The second-order valence-corrected chi connectivity index (χ2v) is 6.21. The van der Waals surface area contributed by atoms with Gasteiger partial charge in [0.2, 0.25) is 0 Å². The van der Waals surface area contributed by atoms with Crippen molar-refractivity contribution >= 4 is 23.6 Å². The maximum Gasteiger partial charge on any atom is 0.337 e. The molecule has 2 nitrogen and oxygen atoms in total. The van der Waals surface area contributed by atoms with E-state index < -0.39 is 0 Å². The summed E-state index contributed by atoms with van der Waals surface area (Å²) < 4.78 is 4.68. The molecular formula is C24H17ClO2. The molecule has 0 N–H and O–H groups in total. The van der Waals surface area contributed by atoms with Crippen molar-refractivity contribution in [2.24, 2.45) is 0 Å². The smallest absolute Gasteiger partial charge is 0.337 e. The van der Waals surface area contributed by atoms with E-state index >= 15 is 0 Å². The number of rotatable bonds is 3. The van der Waals surface area contributed by atoms with Crippen LogP contribution in [0.25, 0.3) is 17.2 Å². The fourth-order valence-corrected chi connectivity index (χ4v) is 2.82. The van der Waals surface area contributed by atoms with Crippen molar-refractivity contribution in [2.45, 2.75) is 0 Å². The van der Waals surface area contributed by atoms with Crippen LogP contribution in [0, 0.1) is 11.8 Å². The van der Waals surface area contributed by atoms with Crippen LogP contribution in [0.4, 0.5) is 0 Å². The van der Waals surface area contributed by atoms with E-state index in [9.17, 15) is 4.79 Å². The van der Waals surface area contributed by atoms with E-state index in [-0.39, 0.29) is 5.97 Å². The number of carbonyl (C=O) groups excluding carboxylic acids is 1. The van der Waals surface area contributed by atoms with Gasteiger partial charge < -0.3 is 4.74 Å². The van der Waals surface area contributed by atoms with Gasteiger partial charge in [-0.05, 0) is 65.2 Å². The van der Waals surface area contributed by atoms with Crippen LogP contribution in [0.2, 0.25) is 5.02 Å². The summed E-state index contributed by atoms with van der Waals surface area (Å²) >= 11 is 6.11. The van der Waals surface area contributed by atoms with Gasteiger partial charge in [0.05, 0.1) is 12.7 Å². The standard InChI is InChI=1S/C24H17ClO2/c1-27-24(26)20-15-13-18(14-16-20)7-2-3-8-19-9-4-5-12-23(19)21-10-6-11-22(25)17-21/h3-6,8-17H,1H3. The molecule has 3 aromatic carbocycles. The molecule has 0 bridgehead atoms. The van der Waals surface area contributed by atoms with Crippen LogP contribution in [0.3, 0.4) is 0 Å². The lowest BCUT2D eigenvalue weighted by atomic mass is 9.99. The lowest BCUT2D eigenvalue weighted by Gasteiger charge is -2.06. The summed E-state index contributed by atoms with van der Waals surface area (Å²) in [4.78, 5) is 11.4. The van der Waals surface area contributed by atoms with Crippen molar-refractivity contribution in [2.75, 3.05) is 7.11 Å². The molecule has 0 radical (unpaired) electrons. The Kier molecular flexibility index (Phi) is 6.10. The average Bonchev–Trinajstić information content (AvgIpc) is 2.71. The number of benzene rings is 3. The number of hydrogen-bond acceptors (Lipinski definition) is 2. The quantitative estimate of drug-likeness (QED) is 0.425. The Labute approximate surface area is 164 Å². The minimum absolute atomic E-state index is 0.355. The van der Waals surface area contributed by atoms with Crippen LogP contribution in [0.5, 0.6) is 0 Å². The molecule has 0 unspecified atom stereocenters. The normalized spacial score (nSPS) is 10.3. The van der Waals surface area contributed by atoms with Crippen LogP contribution in [-0.4, -0.2) is 13.1 Å². The molecular weight excluding hydrogens is 356 g/mol. The molecule has 3 rings (SSSR count). The highest BCUT2D eigenvalue weighted by Gasteiger charge is 2.03. The van der Waals surface area contributed by atoms with Gasteiger partial charge in [-0.25, -0.2) is 4.79 Å². The molecule has 0 amide bonds.